The molecular weight excluding hydrogens is 656 g/mol. The lowest BCUT2D eigenvalue weighted by atomic mass is 9.95. The van der Waals surface area contributed by atoms with Crippen LogP contribution in [0.15, 0.2) is 36.4 Å². The van der Waals surface area contributed by atoms with Crippen molar-refractivity contribution in [3.63, 3.8) is 0 Å². The number of rotatable bonds is 28. The third-order valence-electron chi connectivity index (χ3n) is 9.24. The summed E-state index contributed by atoms with van der Waals surface area (Å²) in [6.45, 7) is 11.6. The zero-order valence-corrected chi connectivity index (χ0v) is 32.9. The Kier molecular flexibility index (Phi) is 23.1. The molecule has 2 aromatic rings. The Hall–Kier alpha value is -3.68. The van der Waals surface area contributed by atoms with Crippen LogP contribution in [-0.2, 0) is 18.9 Å². The van der Waals surface area contributed by atoms with Crippen molar-refractivity contribution in [3.05, 3.63) is 58.7 Å². The zero-order valence-electron chi connectivity index (χ0n) is 32.9. The van der Waals surface area contributed by atoms with Gasteiger partial charge < -0.3 is 18.9 Å². The molecule has 290 valence electrons. The van der Waals surface area contributed by atoms with Gasteiger partial charge in [-0.05, 0) is 67.0 Å². The number of unbranched alkanes of at least 4 members (excludes halogenated alkanes) is 13. The lowest BCUT2D eigenvalue weighted by Crippen LogP contribution is -2.17. The van der Waals surface area contributed by atoms with Crippen LogP contribution in [-0.4, -0.2) is 50.3 Å². The second-order valence-corrected chi connectivity index (χ2v) is 14.0. The fourth-order valence-corrected chi connectivity index (χ4v) is 5.92. The Morgan fingerprint density at radius 1 is 0.442 bits per heavy atom. The van der Waals surface area contributed by atoms with Crippen LogP contribution in [0.5, 0.6) is 0 Å². The van der Waals surface area contributed by atoms with E-state index in [1.54, 1.807) is 36.4 Å². The van der Waals surface area contributed by atoms with E-state index in [1.807, 2.05) is 6.92 Å². The topological polar surface area (TPSA) is 105 Å². The van der Waals surface area contributed by atoms with Gasteiger partial charge in [0, 0.05) is 0 Å². The van der Waals surface area contributed by atoms with Crippen LogP contribution >= 0.6 is 0 Å². The van der Waals surface area contributed by atoms with Crippen LogP contribution in [0.3, 0.4) is 0 Å². The normalized spacial score (nSPS) is 11.6. The SMILES string of the molecule is CCCCCCCOC(=O)c1ccc(-c2ccc(C(=O)OCC(C)CCCC)c(C(=O)OCCCCCCC)c2)cc1C(=O)OCCCCCCC. The van der Waals surface area contributed by atoms with Crippen LogP contribution in [0.4, 0.5) is 0 Å². The number of benzene rings is 2. The second-order valence-electron chi connectivity index (χ2n) is 14.0. The first-order chi connectivity index (χ1) is 25.3. The summed E-state index contributed by atoms with van der Waals surface area (Å²) >= 11 is 0. The summed E-state index contributed by atoms with van der Waals surface area (Å²) in [5, 5.41) is 0. The molecule has 2 rings (SSSR count). The molecule has 0 aliphatic carbocycles. The molecule has 0 saturated carbocycles. The maximum absolute atomic E-state index is 13.5. The molecule has 2 aromatic carbocycles. The second kappa shape index (κ2) is 27.0. The summed E-state index contributed by atoms with van der Waals surface area (Å²) in [4.78, 5) is 53.5. The molecule has 0 spiro atoms. The first kappa shape index (κ1) is 44.5. The Morgan fingerprint density at radius 3 is 1.17 bits per heavy atom. The molecule has 8 nitrogen and oxygen atoms in total. The number of carbonyl (C=O) groups excluding carboxylic acids is 4. The van der Waals surface area contributed by atoms with Crippen LogP contribution in [0.2, 0.25) is 0 Å². The summed E-state index contributed by atoms with van der Waals surface area (Å²) < 4.78 is 22.5. The average Bonchev–Trinajstić information content (AvgIpc) is 3.16. The van der Waals surface area contributed by atoms with Gasteiger partial charge in [-0.3, -0.25) is 0 Å². The van der Waals surface area contributed by atoms with Crippen molar-refractivity contribution in [2.24, 2.45) is 5.92 Å². The smallest absolute Gasteiger partial charge is 0.339 e. The van der Waals surface area contributed by atoms with Crippen molar-refractivity contribution in [2.75, 3.05) is 26.4 Å². The predicted molar refractivity (Wildman–Crippen MR) is 208 cm³/mol. The minimum atomic E-state index is -0.606. The number of ether oxygens (including phenoxy) is 4. The highest BCUT2D eigenvalue weighted by molar-refractivity contribution is 6.06. The minimum absolute atomic E-state index is 0.0973. The minimum Gasteiger partial charge on any atom is -0.462 e. The molecule has 8 heteroatoms. The molecule has 0 heterocycles. The largest absolute Gasteiger partial charge is 0.462 e. The molecule has 1 unspecified atom stereocenters. The first-order valence-corrected chi connectivity index (χ1v) is 20.2. The maximum Gasteiger partial charge on any atom is 0.339 e. The van der Waals surface area contributed by atoms with Crippen molar-refractivity contribution in [3.8, 4) is 11.1 Å². The molecule has 0 aliphatic heterocycles. The Bertz CT molecular complexity index is 1350. The van der Waals surface area contributed by atoms with E-state index in [0.29, 0.717) is 11.1 Å². The van der Waals surface area contributed by atoms with E-state index in [-0.39, 0.29) is 54.6 Å². The predicted octanol–water partition coefficient (Wildman–Crippen LogP) is 11.7. The third kappa shape index (κ3) is 16.8. The standard InChI is InChI=1S/C44H66O8/c1-6-10-14-17-20-28-49-41(45)37-26-24-35(31-39(37)43(47)50-29-21-18-15-11-7-2)36-25-27-38(42(46)52-33-34(5)23-13-9-4)40(32-36)44(48)51-30-22-19-16-12-8-3/h24-27,31-32,34H,6-23,28-30,33H2,1-5H3. The Labute approximate surface area is 313 Å². The monoisotopic (exact) mass is 722 g/mol. The third-order valence-corrected chi connectivity index (χ3v) is 9.24. The average molecular weight is 723 g/mol. The zero-order chi connectivity index (χ0) is 38.0. The highest BCUT2D eigenvalue weighted by Crippen LogP contribution is 2.28. The Balaban J connectivity index is 2.39. The van der Waals surface area contributed by atoms with Gasteiger partial charge in [-0.15, -0.1) is 0 Å². The highest BCUT2D eigenvalue weighted by atomic mass is 16.5. The summed E-state index contributed by atoms with van der Waals surface area (Å²) in [6, 6.07) is 9.77. The summed E-state index contributed by atoms with van der Waals surface area (Å²) in [6.07, 6.45) is 18.2. The van der Waals surface area contributed by atoms with Gasteiger partial charge in [0.2, 0.25) is 0 Å². The molecule has 0 aromatic heterocycles. The van der Waals surface area contributed by atoms with Crippen molar-refractivity contribution in [2.45, 2.75) is 150 Å². The number of carbonyl (C=O) groups is 4. The first-order valence-electron chi connectivity index (χ1n) is 20.2. The quantitative estimate of drug-likeness (QED) is 0.0485. The number of hydrogen-bond acceptors (Lipinski definition) is 8. The van der Waals surface area contributed by atoms with Gasteiger partial charge in [-0.1, -0.05) is 137 Å². The van der Waals surface area contributed by atoms with Crippen LogP contribution in [0.1, 0.15) is 192 Å². The fourth-order valence-electron chi connectivity index (χ4n) is 5.92. The molecule has 0 amide bonds. The number of esters is 4. The van der Waals surface area contributed by atoms with E-state index in [4.69, 9.17) is 18.9 Å². The summed E-state index contributed by atoms with van der Waals surface area (Å²) in [5.74, 6) is -2.17. The van der Waals surface area contributed by atoms with Crippen molar-refractivity contribution < 1.29 is 38.1 Å². The molecule has 0 N–H and O–H groups in total. The van der Waals surface area contributed by atoms with E-state index in [9.17, 15) is 19.2 Å². The molecular formula is C44H66O8. The maximum atomic E-state index is 13.5. The van der Waals surface area contributed by atoms with Crippen molar-refractivity contribution in [1.29, 1.82) is 0 Å². The van der Waals surface area contributed by atoms with Gasteiger partial charge in [-0.25, -0.2) is 19.2 Å². The van der Waals surface area contributed by atoms with Crippen LogP contribution in [0, 0.1) is 5.92 Å². The molecule has 1 atom stereocenters. The lowest BCUT2D eigenvalue weighted by molar-refractivity contribution is 0.0416. The van der Waals surface area contributed by atoms with Gasteiger partial charge >= 0.3 is 23.9 Å². The van der Waals surface area contributed by atoms with Gasteiger partial charge in [0.15, 0.2) is 0 Å². The fraction of sp³-hybridized carbons (Fsp3) is 0.636. The molecule has 0 radical (unpaired) electrons. The molecule has 0 bridgehead atoms. The van der Waals surface area contributed by atoms with Crippen LogP contribution in [0.25, 0.3) is 11.1 Å². The van der Waals surface area contributed by atoms with Crippen molar-refractivity contribution in [1.82, 2.24) is 0 Å². The number of hydrogen-bond donors (Lipinski definition) is 0. The highest BCUT2D eigenvalue weighted by Gasteiger charge is 2.24. The van der Waals surface area contributed by atoms with E-state index in [1.165, 1.54) is 0 Å². The van der Waals surface area contributed by atoms with Crippen LogP contribution < -0.4 is 0 Å². The van der Waals surface area contributed by atoms with E-state index >= 15 is 0 Å². The lowest BCUT2D eigenvalue weighted by Gasteiger charge is -2.15. The van der Waals surface area contributed by atoms with Gasteiger partial charge in [0.05, 0.1) is 48.7 Å². The Morgan fingerprint density at radius 2 is 0.788 bits per heavy atom. The molecule has 52 heavy (non-hydrogen) atoms. The van der Waals surface area contributed by atoms with E-state index in [2.05, 4.69) is 27.7 Å². The van der Waals surface area contributed by atoms with Gasteiger partial charge in [-0.2, -0.15) is 0 Å². The van der Waals surface area contributed by atoms with Gasteiger partial charge in [0.1, 0.15) is 0 Å². The molecule has 0 saturated heterocycles. The van der Waals surface area contributed by atoms with E-state index < -0.39 is 23.9 Å². The molecule has 0 aliphatic rings. The summed E-state index contributed by atoms with van der Waals surface area (Å²) in [7, 11) is 0. The molecule has 0 fully saturated rings. The van der Waals surface area contributed by atoms with E-state index in [0.717, 1.165) is 116 Å². The summed E-state index contributed by atoms with van der Waals surface area (Å²) in [5.41, 5.74) is 1.61. The van der Waals surface area contributed by atoms with Gasteiger partial charge in [0.25, 0.3) is 0 Å². The van der Waals surface area contributed by atoms with Crippen molar-refractivity contribution >= 4 is 23.9 Å².